The van der Waals surface area contributed by atoms with Crippen LogP contribution in [0, 0.1) is 0 Å². The zero-order valence-electron chi connectivity index (χ0n) is 11.7. The molecule has 118 valence electrons. The van der Waals surface area contributed by atoms with Gasteiger partial charge < -0.3 is 29.9 Å². The van der Waals surface area contributed by atoms with Crippen LogP contribution in [0.1, 0.15) is 5.56 Å². The summed E-state index contributed by atoms with van der Waals surface area (Å²) in [6, 6.07) is 8.88. The van der Waals surface area contributed by atoms with E-state index in [9.17, 15) is 20.4 Å². The van der Waals surface area contributed by atoms with Gasteiger partial charge in [-0.3, -0.25) is 5.73 Å². The molecule has 1 aromatic rings. The van der Waals surface area contributed by atoms with Gasteiger partial charge >= 0.3 is 0 Å². The van der Waals surface area contributed by atoms with Crippen LogP contribution in [0.25, 0.3) is 0 Å². The van der Waals surface area contributed by atoms with E-state index in [1.807, 2.05) is 6.07 Å². The van der Waals surface area contributed by atoms with E-state index in [1.54, 1.807) is 24.3 Å². The molecule has 0 saturated carbocycles. The molecule has 1 saturated heterocycles. The third-order valence-electron chi connectivity index (χ3n) is 3.90. The summed E-state index contributed by atoms with van der Waals surface area (Å²) in [5, 5.41) is 40.1. The zero-order valence-corrected chi connectivity index (χ0v) is 11.7. The quantitative estimate of drug-likeness (QED) is 0.421. The van der Waals surface area contributed by atoms with Crippen molar-refractivity contribution in [3.63, 3.8) is 0 Å². The van der Waals surface area contributed by atoms with Gasteiger partial charge in [-0.1, -0.05) is 30.3 Å². The van der Waals surface area contributed by atoms with Crippen molar-refractivity contribution in [2.45, 2.75) is 36.2 Å². The van der Waals surface area contributed by atoms with Gasteiger partial charge in [-0.25, -0.2) is 0 Å². The van der Waals surface area contributed by atoms with Crippen molar-refractivity contribution < 1.29 is 29.9 Å². The minimum Gasteiger partial charge on any atom is -0.394 e. The van der Waals surface area contributed by atoms with Crippen LogP contribution in [-0.2, 0) is 15.9 Å². The van der Waals surface area contributed by atoms with Crippen LogP contribution in [0.15, 0.2) is 30.3 Å². The number of ether oxygens (including phenoxy) is 2. The van der Waals surface area contributed by atoms with E-state index in [1.165, 1.54) is 7.11 Å². The zero-order chi connectivity index (χ0) is 15.7. The lowest BCUT2D eigenvalue weighted by atomic mass is 9.83. The first kappa shape index (κ1) is 16.3. The average Bonchev–Trinajstić information content (AvgIpc) is 2.50. The van der Waals surface area contributed by atoms with E-state index >= 15 is 0 Å². The van der Waals surface area contributed by atoms with Gasteiger partial charge in [-0.05, 0) is 5.56 Å². The first-order chi connectivity index (χ1) is 9.88. The maximum Gasteiger partial charge on any atom is 0.216 e. The smallest absolute Gasteiger partial charge is 0.216 e. The highest BCUT2D eigenvalue weighted by Gasteiger charge is 2.62. The third-order valence-corrected chi connectivity index (χ3v) is 3.90. The predicted molar refractivity (Wildman–Crippen MR) is 73.0 cm³/mol. The Morgan fingerprint density at radius 3 is 2.43 bits per heavy atom. The minimum absolute atomic E-state index is 0.0710. The second-order valence-electron chi connectivity index (χ2n) is 5.22. The molecule has 1 aromatic carbocycles. The summed E-state index contributed by atoms with van der Waals surface area (Å²) in [4.78, 5) is 0. The molecule has 21 heavy (non-hydrogen) atoms. The Kier molecular flexibility index (Phi) is 4.64. The molecule has 0 amide bonds. The van der Waals surface area contributed by atoms with Gasteiger partial charge in [-0.15, -0.1) is 0 Å². The molecule has 7 heteroatoms. The number of aliphatic hydroxyl groups is 4. The SMILES string of the molecule is CO[C@@]1(N)[C@@H](O)[C@H](O)[C@@H](CO)OC1(O)Cc1ccccc1. The minimum atomic E-state index is -2.10. The van der Waals surface area contributed by atoms with Crippen molar-refractivity contribution in [2.24, 2.45) is 5.73 Å². The van der Waals surface area contributed by atoms with E-state index < -0.39 is 36.4 Å². The topological polar surface area (TPSA) is 125 Å². The van der Waals surface area contributed by atoms with Crippen molar-refractivity contribution in [2.75, 3.05) is 13.7 Å². The summed E-state index contributed by atoms with van der Waals surface area (Å²) in [6.07, 6.45) is -4.34. The van der Waals surface area contributed by atoms with Gasteiger partial charge in [-0.2, -0.15) is 0 Å². The average molecular weight is 299 g/mol. The molecule has 0 radical (unpaired) electrons. The Labute approximate surface area is 122 Å². The second kappa shape index (κ2) is 5.98. The lowest BCUT2D eigenvalue weighted by Gasteiger charge is -2.52. The Hall–Kier alpha value is -1.06. The van der Waals surface area contributed by atoms with Gasteiger partial charge in [0.2, 0.25) is 5.79 Å². The highest BCUT2D eigenvalue weighted by molar-refractivity contribution is 5.19. The summed E-state index contributed by atoms with van der Waals surface area (Å²) >= 11 is 0. The summed E-state index contributed by atoms with van der Waals surface area (Å²) in [6.45, 7) is -0.574. The molecule has 0 aliphatic carbocycles. The van der Waals surface area contributed by atoms with Gasteiger partial charge in [0.1, 0.15) is 18.3 Å². The maximum atomic E-state index is 10.8. The highest BCUT2D eigenvalue weighted by atomic mass is 16.7. The van der Waals surface area contributed by atoms with E-state index in [2.05, 4.69) is 0 Å². The number of nitrogens with two attached hydrogens (primary N) is 1. The molecule has 1 aliphatic heterocycles. The van der Waals surface area contributed by atoms with Crippen LogP contribution in [0.3, 0.4) is 0 Å². The number of rotatable bonds is 4. The van der Waals surface area contributed by atoms with Crippen molar-refractivity contribution in [1.29, 1.82) is 0 Å². The molecule has 7 nitrogen and oxygen atoms in total. The molecular formula is C14H21NO6. The Morgan fingerprint density at radius 1 is 1.29 bits per heavy atom. The first-order valence-corrected chi connectivity index (χ1v) is 6.63. The van der Waals surface area contributed by atoms with E-state index in [-0.39, 0.29) is 6.42 Å². The van der Waals surface area contributed by atoms with Crippen LogP contribution < -0.4 is 5.73 Å². The van der Waals surface area contributed by atoms with Crippen LogP contribution in [0.4, 0.5) is 0 Å². The van der Waals surface area contributed by atoms with Crippen LogP contribution >= 0.6 is 0 Å². The molecule has 0 bridgehead atoms. The van der Waals surface area contributed by atoms with Crippen LogP contribution in [-0.4, -0.2) is 64.0 Å². The van der Waals surface area contributed by atoms with Crippen LogP contribution in [0.2, 0.25) is 0 Å². The number of hydrogen-bond donors (Lipinski definition) is 5. The molecule has 1 heterocycles. The summed E-state index contributed by atoms with van der Waals surface area (Å²) in [7, 11) is 1.20. The normalized spacial score (nSPS) is 40.2. The molecule has 5 atom stereocenters. The van der Waals surface area contributed by atoms with Gasteiger partial charge in [0.25, 0.3) is 0 Å². The lowest BCUT2D eigenvalue weighted by molar-refractivity contribution is -0.392. The molecule has 1 aliphatic rings. The van der Waals surface area contributed by atoms with Crippen molar-refractivity contribution in [3.05, 3.63) is 35.9 Å². The van der Waals surface area contributed by atoms with E-state index in [0.29, 0.717) is 5.56 Å². The van der Waals surface area contributed by atoms with Crippen molar-refractivity contribution >= 4 is 0 Å². The van der Waals surface area contributed by atoms with Crippen molar-refractivity contribution in [1.82, 2.24) is 0 Å². The largest absolute Gasteiger partial charge is 0.394 e. The standard InChI is InChI=1S/C14H21NO6/c1-20-14(15)12(18)11(17)10(8-16)21-13(14,19)7-9-5-3-2-4-6-9/h2-6,10-12,16-19H,7-8,15H2,1H3/t10-,11-,12+,13?,14+/m1/s1. The fraction of sp³-hybridized carbons (Fsp3) is 0.571. The molecular weight excluding hydrogens is 278 g/mol. The van der Waals surface area contributed by atoms with Gasteiger partial charge in [0, 0.05) is 13.5 Å². The molecule has 6 N–H and O–H groups in total. The number of hydrogen-bond acceptors (Lipinski definition) is 7. The van der Waals surface area contributed by atoms with Crippen LogP contribution in [0.5, 0.6) is 0 Å². The highest BCUT2D eigenvalue weighted by Crippen LogP contribution is 2.37. The molecule has 1 unspecified atom stereocenters. The fourth-order valence-electron chi connectivity index (χ4n) is 2.58. The summed E-state index contributed by atoms with van der Waals surface area (Å²) < 4.78 is 10.4. The monoisotopic (exact) mass is 299 g/mol. The predicted octanol–water partition coefficient (Wildman–Crippen LogP) is -1.67. The van der Waals surface area contributed by atoms with E-state index in [0.717, 1.165) is 0 Å². The third kappa shape index (κ3) is 2.69. The van der Waals surface area contributed by atoms with E-state index in [4.69, 9.17) is 15.2 Å². The Balaban J connectivity index is 2.36. The summed E-state index contributed by atoms with van der Waals surface area (Å²) in [5.41, 5.74) is 4.61. The molecule has 0 spiro atoms. The first-order valence-electron chi connectivity index (χ1n) is 6.63. The number of aliphatic hydroxyl groups excluding tert-OH is 3. The molecule has 1 fully saturated rings. The number of methoxy groups -OCH3 is 1. The second-order valence-corrected chi connectivity index (χ2v) is 5.22. The summed E-state index contributed by atoms with van der Waals surface area (Å²) in [5.74, 6) is -2.10. The fourth-order valence-corrected chi connectivity index (χ4v) is 2.58. The van der Waals surface area contributed by atoms with Crippen molar-refractivity contribution in [3.8, 4) is 0 Å². The van der Waals surface area contributed by atoms with Gasteiger partial charge in [0.05, 0.1) is 6.61 Å². The molecule has 0 aromatic heterocycles. The van der Waals surface area contributed by atoms with Gasteiger partial charge in [0.15, 0.2) is 5.72 Å². The Bertz CT molecular complexity index is 472. The lowest BCUT2D eigenvalue weighted by Crippen LogP contribution is -2.78. The molecule has 2 rings (SSSR count). The number of benzene rings is 1. The Morgan fingerprint density at radius 2 is 1.90 bits per heavy atom. The maximum absolute atomic E-state index is 10.8.